The molecule has 1 aromatic heterocycles. The van der Waals surface area contributed by atoms with Crippen molar-refractivity contribution in [2.24, 2.45) is 0 Å². The lowest BCUT2D eigenvalue weighted by molar-refractivity contribution is -0.138. The molecule has 0 unspecified atom stereocenters. The van der Waals surface area contributed by atoms with E-state index in [1.807, 2.05) is 0 Å². The predicted octanol–water partition coefficient (Wildman–Crippen LogP) is 2.04. The summed E-state index contributed by atoms with van der Waals surface area (Å²) in [6, 6.07) is 1.75. The molecule has 8 heteroatoms. The SMILES string of the molecule is CCN(CCC(=O)O)C(=O)c1ccc(C(F)(F)F)cn1. The summed E-state index contributed by atoms with van der Waals surface area (Å²) in [6.45, 7) is 1.87. The third-order valence-corrected chi connectivity index (χ3v) is 2.57. The average molecular weight is 290 g/mol. The van der Waals surface area contributed by atoms with Crippen LogP contribution in [0.4, 0.5) is 13.2 Å². The number of alkyl halides is 3. The fraction of sp³-hybridized carbons (Fsp3) is 0.417. The average Bonchev–Trinajstić information content (AvgIpc) is 2.38. The number of hydrogen-bond donors (Lipinski definition) is 1. The monoisotopic (exact) mass is 290 g/mol. The van der Waals surface area contributed by atoms with Crippen LogP contribution in [0.15, 0.2) is 18.3 Å². The van der Waals surface area contributed by atoms with Crippen molar-refractivity contribution in [3.05, 3.63) is 29.6 Å². The normalized spacial score (nSPS) is 11.2. The van der Waals surface area contributed by atoms with Crippen LogP contribution in [-0.4, -0.2) is 40.0 Å². The number of halogens is 3. The molecule has 0 atom stereocenters. The van der Waals surface area contributed by atoms with Gasteiger partial charge < -0.3 is 10.0 Å². The second-order valence-electron chi connectivity index (χ2n) is 3.96. The number of pyridine rings is 1. The molecule has 0 aliphatic carbocycles. The Hall–Kier alpha value is -2.12. The van der Waals surface area contributed by atoms with Crippen molar-refractivity contribution in [3.63, 3.8) is 0 Å². The minimum atomic E-state index is -4.51. The van der Waals surface area contributed by atoms with Crippen LogP contribution in [0.3, 0.4) is 0 Å². The highest BCUT2D eigenvalue weighted by Crippen LogP contribution is 2.28. The van der Waals surface area contributed by atoms with Gasteiger partial charge in [-0.2, -0.15) is 13.2 Å². The standard InChI is InChI=1S/C12H13F3N2O3/c1-2-17(6-5-10(18)19)11(20)9-4-3-8(7-16-9)12(13,14)15/h3-4,7H,2,5-6H2,1H3,(H,18,19). The van der Waals surface area contributed by atoms with Crippen molar-refractivity contribution in [1.82, 2.24) is 9.88 Å². The van der Waals surface area contributed by atoms with E-state index in [9.17, 15) is 22.8 Å². The Kier molecular flexibility index (Phi) is 5.06. The summed E-state index contributed by atoms with van der Waals surface area (Å²) in [4.78, 5) is 27.1. The Morgan fingerprint density at radius 1 is 1.35 bits per heavy atom. The van der Waals surface area contributed by atoms with E-state index in [-0.39, 0.29) is 25.2 Å². The number of rotatable bonds is 5. The number of aromatic nitrogens is 1. The molecule has 0 aliphatic heterocycles. The quantitative estimate of drug-likeness (QED) is 0.900. The Labute approximate surface area is 113 Å². The Balaban J connectivity index is 2.82. The van der Waals surface area contributed by atoms with Gasteiger partial charge in [0.1, 0.15) is 5.69 Å². The minimum absolute atomic E-state index is 0.0205. The van der Waals surface area contributed by atoms with E-state index in [2.05, 4.69) is 4.98 Å². The maximum atomic E-state index is 12.4. The second-order valence-corrected chi connectivity index (χ2v) is 3.96. The van der Waals surface area contributed by atoms with Gasteiger partial charge in [0, 0.05) is 19.3 Å². The number of nitrogens with zero attached hydrogens (tertiary/aromatic N) is 2. The number of carbonyl (C=O) groups is 2. The molecule has 0 saturated carbocycles. The van der Waals surface area contributed by atoms with Crippen LogP contribution < -0.4 is 0 Å². The molecule has 0 aromatic carbocycles. The largest absolute Gasteiger partial charge is 0.481 e. The van der Waals surface area contributed by atoms with E-state index in [1.54, 1.807) is 6.92 Å². The van der Waals surface area contributed by atoms with Crippen LogP contribution in [0.5, 0.6) is 0 Å². The summed E-state index contributed by atoms with van der Waals surface area (Å²) < 4.78 is 37.1. The molecular formula is C12H13F3N2O3. The van der Waals surface area contributed by atoms with Crippen LogP contribution >= 0.6 is 0 Å². The van der Waals surface area contributed by atoms with Gasteiger partial charge in [-0.1, -0.05) is 0 Å². The summed E-state index contributed by atoms with van der Waals surface area (Å²) in [6.07, 6.45) is -4.17. The fourth-order valence-corrected chi connectivity index (χ4v) is 1.48. The minimum Gasteiger partial charge on any atom is -0.481 e. The summed E-state index contributed by atoms with van der Waals surface area (Å²) in [7, 11) is 0. The molecular weight excluding hydrogens is 277 g/mol. The van der Waals surface area contributed by atoms with Gasteiger partial charge in [0.05, 0.1) is 12.0 Å². The highest BCUT2D eigenvalue weighted by atomic mass is 19.4. The van der Waals surface area contributed by atoms with Gasteiger partial charge in [-0.25, -0.2) is 0 Å². The molecule has 5 nitrogen and oxygen atoms in total. The van der Waals surface area contributed by atoms with Crippen LogP contribution in [0.1, 0.15) is 29.4 Å². The Morgan fingerprint density at radius 2 is 2.00 bits per heavy atom. The number of aliphatic carboxylic acids is 1. The number of carboxylic acid groups (broad SMARTS) is 1. The first-order valence-electron chi connectivity index (χ1n) is 5.80. The second kappa shape index (κ2) is 6.36. The van der Waals surface area contributed by atoms with Crippen molar-refractivity contribution in [3.8, 4) is 0 Å². The smallest absolute Gasteiger partial charge is 0.417 e. The number of hydrogen-bond acceptors (Lipinski definition) is 3. The third kappa shape index (κ3) is 4.22. The lowest BCUT2D eigenvalue weighted by Crippen LogP contribution is -2.33. The zero-order chi connectivity index (χ0) is 15.3. The lowest BCUT2D eigenvalue weighted by Gasteiger charge is -2.19. The lowest BCUT2D eigenvalue weighted by atomic mass is 10.2. The first kappa shape index (κ1) is 15.9. The van der Waals surface area contributed by atoms with E-state index < -0.39 is 23.6 Å². The molecule has 1 rings (SSSR count). The highest BCUT2D eigenvalue weighted by molar-refractivity contribution is 5.92. The van der Waals surface area contributed by atoms with Crippen LogP contribution in [0, 0.1) is 0 Å². The molecule has 20 heavy (non-hydrogen) atoms. The highest BCUT2D eigenvalue weighted by Gasteiger charge is 2.31. The Morgan fingerprint density at radius 3 is 2.40 bits per heavy atom. The van der Waals surface area contributed by atoms with E-state index in [0.717, 1.165) is 12.1 Å². The molecule has 110 valence electrons. The van der Waals surface area contributed by atoms with E-state index >= 15 is 0 Å². The van der Waals surface area contributed by atoms with Crippen molar-refractivity contribution in [2.75, 3.05) is 13.1 Å². The Bertz CT molecular complexity index is 486. The van der Waals surface area contributed by atoms with Gasteiger partial charge in [0.2, 0.25) is 0 Å². The maximum Gasteiger partial charge on any atom is 0.417 e. The molecule has 0 radical (unpaired) electrons. The molecule has 1 aromatic rings. The van der Waals surface area contributed by atoms with Gasteiger partial charge in [-0.3, -0.25) is 14.6 Å². The van der Waals surface area contributed by atoms with Crippen molar-refractivity contribution in [2.45, 2.75) is 19.5 Å². The summed E-state index contributed by atoms with van der Waals surface area (Å²) in [5.41, 5.74) is -1.09. The van der Waals surface area contributed by atoms with Crippen LogP contribution in [-0.2, 0) is 11.0 Å². The molecule has 1 heterocycles. The predicted molar refractivity (Wildman–Crippen MR) is 63.1 cm³/mol. The molecule has 0 spiro atoms. The van der Waals surface area contributed by atoms with Crippen molar-refractivity contribution in [1.29, 1.82) is 0 Å². The van der Waals surface area contributed by atoms with Gasteiger partial charge in [-0.15, -0.1) is 0 Å². The number of carbonyl (C=O) groups excluding carboxylic acids is 1. The first-order valence-corrected chi connectivity index (χ1v) is 5.80. The molecule has 0 aliphatic rings. The van der Waals surface area contributed by atoms with E-state index in [4.69, 9.17) is 5.11 Å². The molecule has 1 amide bonds. The summed E-state index contributed by atoms with van der Waals surface area (Å²) in [5, 5.41) is 8.56. The van der Waals surface area contributed by atoms with Crippen molar-refractivity contribution >= 4 is 11.9 Å². The van der Waals surface area contributed by atoms with E-state index in [0.29, 0.717) is 6.20 Å². The molecule has 1 N–H and O–H groups in total. The first-order chi connectivity index (χ1) is 9.25. The maximum absolute atomic E-state index is 12.4. The van der Waals surface area contributed by atoms with Gasteiger partial charge in [0.15, 0.2) is 0 Å². The molecule has 0 fully saturated rings. The van der Waals surface area contributed by atoms with E-state index in [1.165, 1.54) is 4.90 Å². The topological polar surface area (TPSA) is 70.5 Å². The summed E-state index contributed by atoms with van der Waals surface area (Å²) >= 11 is 0. The van der Waals surface area contributed by atoms with Gasteiger partial charge in [-0.05, 0) is 19.1 Å². The molecule has 0 saturated heterocycles. The van der Waals surface area contributed by atoms with Gasteiger partial charge >= 0.3 is 12.1 Å². The third-order valence-electron chi connectivity index (χ3n) is 2.57. The molecule has 0 bridgehead atoms. The van der Waals surface area contributed by atoms with Gasteiger partial charge in [0.25, 0.3) is 5.91 Å². The number of amides is 1. The zero-order valence-corrected chi connectivity index (χ0v) is 10.6. The summed E-state index contributed by atoms with van der Waals surface area (Å²) in [5.74, 6) is -1.65. The number of carboxylic acids is 1. The zero-order valence-electron chi connectivity index (χ0n) is 10.6. The van der Waals surface area contributed by atoms with Crippen LogP contribution in [0.2, 0.25) is 0 Å². The fourth-order valence-electron chi connectivity index (χ4n) is 1.48. The van der Waals surface area contributed by atoms with Crippen molar-refractivity contribution < 1.29 is 27.9 Å². The van der Waals surface area contributed by atoms with Crippen LogP contribution in [0.25, 0.3) is 0 Å².